The third kappa shape index (κ3) is 6.77. The first-order valence-corrected chi connectivity index (χ1v) is 17.6. The van der Waals surface area contributed by atoms with E-state index in [0.717, 1.165) is 84.0 Å². The van der Waals surface area contributed by atoms with Crippen LogP contribution >= 0.6 is 11.6 Å². The van der Waals surface area contributed by atoms with Crippen LogP contribution in [0.25, 0.3) is 15.6 Å². The molecule has 11 nitrogen and oxygen atoms in total. The number of methoxy groups -OCH3 is 1. The lowest BCUT2D eigenvalue weighted by atomic mass is 10.0. The molecule has 12 heteroatoms. The van der Waals surface area contributed by atoms with E-state index in [1.807, 2.05) is 17.0 Å². The maximum Gasteiger partial charge on any atom is 0.318 e. The maximum atomic E-state index is 13.6. The van der Waals surface area contributed by atoms with Gasteiger partial charge in [0.05, 0.1) is 17.3 Å². The van der Waals surface area contributed by atoms with Crippen molar-refractivity contribution < 1.29 is 14.3 Å². The lowest BCUT2D eigenvalue weighted by molar-refractivity contribution is -0.133. The number of piperazine rings is 1. The summed E-state index contributed by atoms with van der Waals surface area (Å²) in [7, 11) is 3.85. The minimum absolute atomic E-state index is 0.0873. The molecule has 4 aliphatic rings. The normalized spacial score (nSPS) is 24.1. The predicted octanol–water partition coefficient (Wildman–Crippen LogP) is 3.98. The van der Waals surface area contributed by atoms with Crippen LogP contribution in [0.15, 0.2) is 36.4 Å². The van der Waals surface area contributed by atoms with Crippen LogP contribution in [0, 0.1) is 6.57 Å². The van der Waals surface area contributed by atoms with Crippen LogP contribution < -0.4 is 14.5 Å². The van der Waals surface area contributed by atoms with Crippen molar-refractivity contribution in [2.75, 3.05) is 89.5 Å². The monoisotopic (exact) mass is 672 g/mol. The number of anilines is 2. The van der Waals surface area contributed by atoms with E-state index >= 15 is 0 Å². The molecule has 0 N–H and O–H groups in total. The van der Waals surface area contributed by atoms with Gasteiger partial charge >= 0.3 is 6.01 Å². The average Bonchev–Trinajstić information content (AvgIpc) is 3.76. The molecule has 0 bridgehead atoms. The fourth-order valence-electron chi connectivity index (χ4n) is 7.68. The summed E-state index contributed by atoms with van der Waals surface area (Å²) in [4.78, 5) is 38.6. The first kappa shape index (κ1) is 32.8. The standard InChI is InChI=1S/C36H45ClN8O3/c1-38-20-27-21-44(17-18-45(27)35(46)32-23-42(32)15-7-19-47-3)34-28-13-16-43(31-12-5-9-25-8-4-11-29(37)33(25)31)22-30(28)39-36(40-34)48-24-26-10-6-14-41(26)2/h4-5,8-9,11-12,26-27,32H,6-7,10,13-24H2,2-3H3/t26-,27-,32+,42?/m0/s1. The second kappa shape index (κ2) is 14.4. The largest absolute Gasteiger partial charge is 0.462 e. The number of hydrogen-bond acceptors (Lipinski definition) is 9. The van der Waals surface area contributed by atoms with Gasteiger partial charge < -0.3 is 33.9 Å². The van der Waals surface area contributed by atoms with Crippen molar-refractivity contribution in [3.8, 4) is 6.01 Å². The molecular formula is C36H45ClN8O3. The van der Waals surface area contributed by atoms with Gasteiger partial charge in [0.25, 0.3) is 0 Å². The molecule has 3 saturated heterocycles. The summed E-state index contributed by atoms with van der Waals surface area (Å²) < 4.78 is 11.5. The maximum absolute atomic E-state index is 13.6. The van der Waals surface area contributed by atoms with Crippen LogP contribution in [0.2, 0.25) is 5.02 Å². The lowest BCUT2D eigenvalue weighted by Gasteiger charge is -2.41. The van der Waals surface area contributed by atoms with Gasteiger partial charge in [0.1, 0.15) is 24.5 Å². The molecule has 1 aromatic heterocycles. The number of likely N-dealkylation sites (N-methyl/N-ethyl adjacent to an activating group) is 1. The summed E-state index contributed by atoms with van der Waals surface area (Å²) in [5.74, 6) is 1.01. The van der Waals surface area contributed by atoms with E-state index in [2.05, 4.69) is 55.8 Å². The van der Waals surface area contributed by atoms with Gasteiger partial charge in [-0.3, -0.25) is 9.69 Å². The van der Waals surface area contributed by atoms with Gasteiger partial charge in [-0.1, -0.05) is 35.9 Å². The number of likely N-dealkylation sites (tertiary alicyclic amines) is 1. The molecule has 1 amide bonds. The zero-order valence-electron chi connectivity index (χ0n) is 28.0. The predicted molar refractivity (Wildman–Crippen MR) is 188 cm³/mol. The molecule has 4 atom stereocenters. The summed E-state index contributed by atoms with van der Waals surface area (Å²) in [6, 6.07) is 12.8. The Bertz CT molecular complexity index is 1680. The highest BCUT2D eigenvalue weighted by molar-refractivity contribution is 6.36. The molecule has 5 heterocycles. The molecule has 254 valence electrons. The van der Waals surface area contributed by atoms with Crippen LogP contribution in [0.5, 0.6) is 6.01 Å². The number of nitrogens with zero attached hydrogens (tertiary/aromatic N) is 8. The molecule has 3 aromatic rings. The topological polar surface area (TPSA) is 81.6 Å². The molecule has 3 fully saturated rings. The van der Waals surface area contributed by atoms with Gasteiger partial charge in [-0.05, 0) is 56.8 Å². The van der Waals surface area contributed by atoms with E-state index in [4.69, 9.17) is 37.6 Å². The van der Waals surface area contributed by atoms with E-state index in [0.29, 0.717) is 51.4 Å². The van der Waals surface area contributed by atoms with Crippen molar-refractivity contribution in [2.45, 2.75) is 50.4 Å². The number of carbonyl (C=O) groups excluding carboxylic acids is 1. The number of carbonyl (C=O) groups is 1. The molecule has 48 heavy (non-hydrogen) atoms. The summed E-state index contributed by atoms with van der Waals surface area (Å²) in [6.07, 6.45) is 3.94. The van der Waals surface area contributed by atoms with Gasteiger partial charge in [-0.15, -0.1) is 0 Å². The highest BCUT2D eigenvalue weighted by Gasteiger charge is 2.46. The van der Waals surface area contributed by atoms with Gasteiger partial charge in [0.2, 0.25) is 12.5 Å². The quantitative estimate of drug-likeness (QED) is 0.171. The Kier molecular flexibility index (Phi) is 9.87. The zero-order chi connectivity index (χ0) is 33.2. The Morgan fingerprint density at radius 2 is 1.92 bits per heavy atom. The number of fused-ring (bicyclic) bond motifs is 2. The molecule has 0 spiro atoms. The second-order valence-corrected chi connectivity index (χ2v) is 13.9. The number of halogens is 1. The Labute approximate surface area is 288 Å². The van der Waals surface area contributed by atoms with E-state index in [1.54, 1.807) is 7.11 Å². The minimum atomic E-state index is -0.204. The van der Waals surface area contributed by atoms with Crippen molar-refractivity contribution in [2.24, 2.45) is 0 Å². The Morgan fingerprint density at radius 3 is 2.71 bits per heavy atom. The Hall–Kier alpha value is -3.69. The molecule has 2 aromatic carbocycles. The number of benzene rings is 2. The molecule has 4 aliphatic heterocycles. The van der Waals surface area contributed by atoms with Gasteiger partial charge in [0, 0.05) is 75.7 Å². The van der Waals surface area contributed by atoms with E-state index in [9.17, 15) is 4.79 Å². The summed E-state index contributed by atoms with van der Waals surface area (Å²) in [5.41, 5.74) is 3.17. The number of ether oxygens (including phenoxy) is 2. The third-order valence-electron chi connectivity index (χ3n) is 10.4. The molecule has 7 rings (SSSR count). The number of amides is 1. The molecule has 0 aliphatic carbocycles. The lowest BCUT2D eigenvalue weighted by Crippen LogP contribution is -2.58. The fourth-order valence-corrected chi connectivity index (χ4v) is 7.96. The van der Waals surface area contributed by atoms with Crippen molar-refractivity contribution in [1.29, 1.82) is 0 Å². The minimum Gasteiger partial charge on any atom is -0.462 e. The van der Waals surface area contributed by atoms with Crippen molar-refractivity contribution >= 4 is 39.8 Å². The van der Waals surface area contributed by atoms with Gasteiger partial charge in [-0.2, -0.15) is 9.97 Å². The highest BCUT2D eigenvalue weighted by atomic mass is 35.5. The van der Waals surface area contributed by atoms with Crippen LogP contribution in [0.4, 0.5) is 11.5 Å². The average molecular weight is 673 g/mol. The van der Waals surface area contributed by atoms with Crippen molar-refractivity contribution in [3.05, 3.63) is 64.1 Å². The van der Waals surface area contributed by atoms with Crippen molar-refractivity contribution in [1.82, 2.24) is 24.7 Å². The summed E-state index contributed by atoms with van der Waals surface area (Å²) >= 11 is 6.74. The van der Waals surface area contributed by atoms with Crippen LogP contribution in [0.3, 0.4) is 0 Å². The Balaban J connectivity index is 1.15. The van der Waals surface area contributed by atoms with Crippen LogP contribution in [-0.4, -0.2) is 128 Å². The summed E-state index contributed by atoms with van der Waals surface area (Å²) in [6.45, 7) is 15.1. The first-order chi connectivity index (χ1) is 23.4. The van der Waals surface area contributed by atoms with E-state index < -0.39 is 0 Å². The van der Waals surface area contributed by atoms with Crippen LogP contribution in [0.1, 0.15) is 30.5 Å². The fraction of sp³-hybridized carbons (Fsp3) is 0.556. The Morgan fingerprint density at radius 1 is 1.06 bits per heavy atom. The van der Waals surface area contributed by atoms with Gasteiger partial charge in [0.15, 0.2) is 0 Å². The molecule has 0 radical (unpaired) electrons. The smallest absolute Gasteiger partial charge is 0.318 e. The molecule has 1 unspecified atom stereocenters. The SMILES string of the molecule is [C-]#[N+]C[C@H]1CN(c2nc(OC[C@@H]3CCCN3C)nc3c2CCN(c2cccc4cccc(Cl)c24)C3)CCN1C(=O)[C@H]1CN1CCCOC. The van der Waals surface area contributed by atoms with Crippen molar-refractivity contribution in [3.63, 3.8) is 0 Å². The number of rotatable bonds is 11. The third-order valence-corrected chi connectivity index (χ3v) is 10.7. The summed E-state index contributed by atoms with van der Waals surface area (Å²) in [5, 5.41) is 2.90. The zero-order valence-corrected chi connectivity index (χ0v) is 28.7. The molecule has 0 saturated carbocycles. The highest BCUT2D eigenvalue weighted by Crippen LogP contribution is 2.37. The van der Waals surface area contributed by atoms with Crippen LogP contribution in [-0.2, 0) is 22.5 Å². The number of hydrogen-bond donors (Lipinski definition) is 0. The number of aromatic nitrogens is 2. The molecular weight excluding hydrogens is 628 g/mol. The van der Waals surface area contributed by atoms with E-state index in [1.165, 1.54) is 6.42 Å². The van der Waals surface area contributed by atoms with E-state index in [-0.39, 0.29) is 24.5 Å². The van der Waals surface area contributed by atoms with Gasteiger partial charge in [-0.25, -0.2) is 6.57 Å². The second-order valence-electron chi connectivity index (χ2n) is 13.5. The first-order valence-electron chi connectivity index (χ1n) is 17.2.